The highest BCUT2D eigenvalue weighted by Gasteiger charge is 2.20. The lowest BCUT2D eigenvalue weighted by Crippen LogP contribution is -2.27. The molecule has 0 unspecified atom stereocenters. The number of nitrogens with zero attached hydrogens (tertiary/aromatic N) is 2. The molecule has 2 N–H and O–H groups in total. The summed E-state index contributed by atoms with van der Waals surface area (Å²) in [6.45, 7) is 3.11. The Kier molecular flexibility index (Phi) is 6.00. The molecule has 3 aromatic rings. The van der Waals surface area contributed by atoms with E-state index in [0.717, 1.165) is 11.3 Å². The number of imidazole rings is 1. The van der Waals surface area contributed by atoms with Gasteiger partial charge in [0.15, 0.2) is 0 Å². The minimum Gasteiger partial charge on any atom is -0.495 e. The van der Waals surface area contributed by atoms with Crippen molar-refractivity contribution in [3.8, 4) is 11.4 Å². The molecule has 8 nitrogen and oxygen atoms in total. The van der Waals surface area contributed by atoms with Gasteiger partial charge in [-0.2, -0.15) is 0 Å². The van der Waals surface area contributed by atoms with E-state index in [-0.39, 0.29) is 10.8 Å². The molecule has 0 bridgehead atoms. The Labute approximate surface area is 169 Å². The summed E-state index contributed by atoms with van der Waals surface area (Å²) in [4.78, 5) is 15.4. The molecule has 152 valence electrons. The number of hydrogen-bond acceptors (Lipinski definition) is 5. The van der Waals surface area contributed by atoms with E-state index >= 15 is 0 Å². The van der Waals surface area contributed by atoms with Crippen LogP contribution in [-0.4, -0.2) is 31.0 Å². The maximum absolute atomic E-state index is 12.8. The van der Waals surface area contributed by atoms with E-state index in [4.69, 9.17) is 4.74 Å². The number of anilines is 1. The van der Waals surface area contributed by atoms with E-state index in [2.05, 4.69) is 15.0 Å². The number of nitrogens with one attached hydrogen (secondary N) is 2. The SMILES string of the molecule is COc1ccc(S(=O)(=O)N[C@H](C)c2ccc(-n3ccnc3)cc2)cc1NC(C)=O. The van der Waals surface area contributed by atoms with Crippen molar-refractivity contribution >= 4 is 21.6 Å². The third-order valence-electron chi connectivity index (χ3n) is 4.32. The molecule has 0 spiro atoms. The van der Waals surface area contributed by atoms with Gasteiger partial charge in [-0.15, -0.1) is 0 Å². The molecule has 0 fully saturated rings. The second-order valence-electron chi connectivity index (χ2n) is 6.45. The highest BCUT2D eigenvalue weighted by atomic mass is 32.2. The molecule has 0 radical (unpaired) electrons. The molecule has 0 saturated carbocycles. The smallest absolute Gasteiger partial charge is 0.241 e. The molecule has 29 heavy (non-hydrogen) atoms. The first-order valence-corrected chi connectivity index (χ1v) is 10.3. The first kappa shape index (κ1) is 20.6. The zero-order valence-electron chi connectivity index (χ0n) is 16.3. The summed E-state index contributed by atoms with van der Waals surface area (Å²) in [5.41, 5.74) is 2.03. The summed E-state index contributed by atoms with van der Waals surface area (Å²) >= 11 is 0. The van der Waals surface area contributed by atoms with Crippen LogP contribution in [0, 0.1) is 0 Å². The van der Waals surface area contributed by atoms with Crippen molar-refractivity contribution in [3.05, 3.63) is 66.7 Å². The van der Waals surface area contributed by atoms with Crippen molar-refractivity contribution < 1.29 is 17.9 Å². The van der Waals surface area contributed by atoms with Crippen LogP contribution in [-0.2, 0) is 14.8 Å². The maximum Gasteiger partial charge on any atom is 0.241 e. The monoisotopic (exact) mass is 414 g/mol. The first-order chi connectivity index (χ1) is 13.8. The summed E-state index contributed by atoms with van der Waals surface area (Å²) in [6, 6.07) is 11.4. The molecular formula is C20H22N4O4S. The van der Waals surface area contributed by atoms with Crippen LogP contribution >= 0.6 is 0 Å². The predicted octanol–water partition coefficient (Wildman–Crippen LogP) is 2.88. The Morgan fingerprint density at radius 2 is 1.90 bits per heavy atom. The first-order valence-electron chi connectivity index (χ1n) is 8.86. The van der Waals surface area contributed by atoms with Crippen LogP contribution in [0.5, 0.6) is 5.75 Å². The quantitative estimate of drug-likeness (QED) is 0.619. The number of methoxy groups -OCH3 is 1. The molecule has 1 heterocycles. The summed E-state index contributed by atoms with van der Waals surface area (Å²) in [6.07, 6.45) is 5.21. The molecule has 2 aromatic carbocycles. The van der Waals surface area contributed by atoms with Gasteiger partial charge >= 0.3 is 0 Å². The van der Waals surface area contributed by atoms with Crippen LogP contribution in [0.4, 0.5) is 5.69 Å². The van der Waals surface area contributed by atoms with E-state index in [1.165, 1.54) is 32.2 Å². The number of amides is 1. The lowest BCUT2D eigenvalue weighted by molar-refractivity contribution is -0.114. The zero-order chi connectivity index (χ0) is 21.0. The van der Waals surface area contributed by atoms with Gasteiger partial charge in [-0.05, 0) is 42.8 Å². The summed E-state index contributed by atoms with van der Waals surface area (Å²) in [5.74, 6) is 0.0550. The van der Waals surface area contributed by atoms with Crippen molar-refractivity contribution in [1.82, 2.24) is 14.3 Å². The van der Waals surface area contributed by atoms with Gasteiger partial charge in [0.25, 0.3) is 0 Å². The number of benzene rings is 2. The van der Waals surface area contributed by atoms with E-state index in [0.29, 0.717) is 11.4 Å². The Morgan fingerprint density at radius 3 is 2.48 bits per heavy atom. The van der Waals surface area contributed by atoms with Gasteiger partial charge in [0, 0.05) is 31.0 Å². The van der Waals surface area contributed by atoms with Crippen LogP contribution < -0.4 is 14.8 Å². The van der Waals surface area contributed by atoms with Gasteiger partial charge in [0.05, 0.1) is 24.0 Å². The van der Waals surface area contributed by atoms with Gasteiger partial charge < -0.3 is 14.6 Å². The molecule has 1 amide bonds. The zero-order valence-corrected chi connectivity index (χ0v) is 17.1. The van der Waals surface area contributed by atoms with Crippen LogP contribution in [0.3, 0.4) is 0 Å². The lowest BCUT2D eigenvalue weighted by Gasteiger charge is -2.17. The highest BCUT2D eigenvalue weighted by Crippen LogP contribution is 2.28. The number of rotatable bonds is 7. The topological polar surface area (TPSA) is 102 Å². The molecule has 0 saturated heterocycles. The number of carbonyl (C=O) groups is 1. The van der Waals surface area contributed by atoms with Crippen molar-refractivity contribution in [2.75, 3.05) is 12.4 Å². The molecule has 1 aromatic heterocycles. The molecule has 0 aliphatic carbocycles. The van der Waals surface area contributed by atoms with Crippen LogP contribution in [0.1, 0.15) is 25.5 Å². The second-order valence-corrected chi connectivity index (χ2v) is 8.16. The number of ether oxygens (including phenoxy) is 1. The number of aromatic nitrogens is 2. The fourth-order valence-corrected chi connectivity index (χ4v) is 4.12. The number of carbonyl (C=O) groups excluding carboxylic acids is 1. The normalized spacial score (nSPS) is 12.4. The van der Waals surface area contributed by atoms with Crippen LogP contribution in [0.15, 0.2) is 66.1 Å². The third kappa shape index (κ3) is 4.82. The molecular weight excluding hydrogens is 392 g/mol. The van der Waals surface area contributed by atoms with E-state index < -0.39 is 16.1 Å². The van der Waals surface area contributed by atoms with Crippen LogP contribution in [0.25, 0.3) is 5.69 Å². The number of hydrogen-bond donors (Lipinski definition) is 2. The molecule has 3 rings (SSSR count). The van der Waals surface area contributed by atoms with Gasteiger partial charge in [-0.3, -0.25) is 4.79 Å². The van der Waals surface area contributed by atoms with E-state index in [1.807, 2.05) is 35.0 Å². The standard InChI is InChI=1S/C20H22N4O4S/c1-14(16-4-6-17(7-5-16)24-11-10-21-13-24)23-29(26,27)18-8-9-20(28-3)19(12-18)22-15(2)25/h4-14,23H,1-3H3,(H,22,25)/t14-/m1/s1. The Balaban J connectivity index is 1.80. The minimum atomic E-state index is -3.82. The molecule has 0 aliphatic heterocycles. The van der Waals surface area contributed by atoms with Gasteiger partial charge in [-0.25, -0.2) is 18.1 Å². The molecule has 0 aliphatic rings. The summed E-state index contributed by atoms with van der Waals surface area (Å²) in [7, 11) is -2.37. The van der Waals surface area contributed by atoms with Crippen molar-refractivity contribution in [2.24, 2.45) is 0 Å². The van der Waals surface area contributed by atoms with Crippen molar-refractivity contribution in [2.45, 2.75) is 24.8 Å². The fraction of sp³-hybridized carbons (Fsp3) is 0.200. The van der Waals surface area contributed by atoms with E-state index in [1.54, 1.807) is 19.4 Å². The summed E-state index contributed by atoms with van der Waals surface area (Å²) in [5, 5.41) is 2.58. The fourth-order valence-electron chi connectivity index (χ4n) is 2.86. The maximum atomic E-state index is 12.8. The second kappa shape index (κ2) is 8.46. The van der Waals surface area contributed by atoms with Crippen molar-refractivity contribution in [1.29, 1.82) is 0 Å². The lowest BCUT2D eigenvalue weighted by atomic mass is 10.1. The number of sulfonamides is 1. The van der Waals surface area contributed by atoms with E-state index in [9.17, 15) is 13.2 Å². The predicted molar refractivity (Wildman–Crippen MR) is 110 cm³/mol. The Bertz CT molecular complexity index is 1090. The van der Waals surface area contributed by atoms with Gasteiger partial charge in [0.1, 0.15) is 5.75 Å². The third-order valence-corrected chi connectivity index (χ3v) is 5.86. The summed E-state index contributed by atoms with van der Waals surface area (Å²) < 4.78 is 35.4. The average molecular weight is 414 g/mol. The largest absolute Gasteiger partial charge is 0.495 e. The molecule has 1 atom stereocenters. The van der Waals surface area contributed by atoms with Gasteiger partial charge in [-0.1, -0.05) is 12.1 Å². The minimum absolute atomic E-state index is 0.0314. The highest BCUT2D eigenvalue weighted by molar-refractivity contribution is 7.89. The van der Waals surface area contributed by atoms with Crippen molar-refractivity contribution in [3.63, 3.8) is 0 Å². The average Bonchev–Trinajstić information content (AvgIpc) is 3.22. The molecule has 9 heteroatoms. The Morgan fingerprint density at radius 1 is 1.17 bits per heavy atom. The van der Waals surface area contributed by atoms with Crippen LogP contribution in [0.2, 0.25) is 0 Å². The Hall–Kier alpha value is -3.17. The van der Waals surface area contributed by atoms with Gasteiger partial charge in [0.2, 0.25) is 15.9 Å².